The molecule has 0 radical (unpaired) electrons. The fraction of sp³-hybridized carbons (Fsp3) is 0.200. The zero-order chi connectivity index (χ0) is 15.4. The van der Waals surface area contributed by atoms with Crippen LogP contribution in [0.3, 0.4) is 0 Å². The number of aromatic amines is 1. The molecule has 0 aliphatic heterocycles. The van der Waals surface area contributed by atoms with Crippen molar-refractivity contribution in [3.8, 4) is 11.5 Å². The summed E-state index contributed by atoms with van der Waals surface area (Å²) in [5, 5.41) is 9.06. The van der Waals surface area contributed by atoms with Crippen molar-refractivity contribution < 1.29 is 4.79 Å². The van der Waals surface area contributed by atoms with Gasteiger partial charge >= 0.3 is 0 Å². The van der Waals surface area contributed by atoms with Crippen LogP contribution in [0.25, 0.3) is 11.5 Å². The third-order valence-corrected chi connectivity index (χ3v) is 4.05. The topological polar surface area (TPSA) is 97.5 Å². The number of carbonyl (C=O) groups is 1. The second kappa shape index (κ2) is 6.48. The summed E-state index contributed by atoms with van der Waals surface area (Å²) in [5.41, 5.74) is 7.08. The molecular weight excluding hydrogens is 298 g/mol. The standard InChI is InChI=1S/C15H15N5OS/c16-13(21)15-17-11(9-22-15)14-18-12(19-20-14)8-4-7-10-5-2-1-3-6-10/h1-3,5-6,9H,4,7-8H2,(H2,16,21)(H,18,19,20). The molecule has 0 fully saturated rings. The maximum atomic E-state index is 11.0. The lowest BCUT2D eigenvalue weighted by Crippen LogP contribution is -2.10. The summed E-state index contributed by atoms with van der Waals surface area (Å²) in [7, 11) is 0. The number of aromatic nitrogens is 4. The lowest BCUT2D eigenvalue weighted by molar-refractivity contribution is 0.1000. The molecule has 0 aliphatic rings. The van der Waals surface area contributed by atoms with E-state index in [2.05, 4.69) is 32.3 Å². The van der Waals surface area contributed by atoms with Gasteiger partial charge in [-0.25, -0.2) is 9.97 Å². The largest absolute Gasteiger partial charge is 0.364 e. The zero-order valence-electron chi connectivity index (χ0n) is 11.8. The van der Waals surface area contributed by atoms with E-state index in [1.54, 1.807) is 5.38 Å². The van der Waals surface area contributed by atoms with Crippen molar-refractivity contribution in [2.75, 3.05) is 0 Å². The van der Waals surface area contributed by atoms with Gasteiger partial charge in [-0.1, -0.05) is 30.3 Å². The number of aryl methyl sites for hydroxylation is 2. The summed E-state index contributed by atoms with van der Waals surface area (Å²) in [6, 6.07) is 10.3. The Kier molecular flexibility index (Phi) is 4.24. The van der Waals surface area contributed by atoms with E-state index < -0.39 is 5.91 Å². The summed E-state index contributed by atoms with van der Waals surface area (Å²) in [5.74, 6) is 0.785. The number of H-pyrrole nitrogens is 1. The molecule has 6 nitrogen and oxygen atoms in total. The van der Waals surface area contributed by atoms with E-state index in [4.69, 9.17) is 5.73 Å². The minimum Gasteiger partial charge on any atom is -0.364 e. The Labute approximate surface area is 131 Å². The molecule has 2 aromatic heterocycles. The van der Waals surface area contributed by atoms with Crippen LogP contribution in [0.5, 0.6) is 0 Å². The number of carbonyl (C=O) groups excluding carboxylic acids is 1. The van der Waals surface area contributed by atoms with Gasteiger partial charge in [0.2, 0.25) is 5.82 Å². The van der Waals surface area contributed by atoms with E-state index in [0.29, 0.717) is 11.5 Å². The van der Waals surface area contributed by atoms with Gasteiger partial charge in [-0.05, 0) is 18.4 Å². The monoisotopic (exact) mass is 313 g/mol. The summed E-state index contributed by atoms with van der Waals surface area (Å²) >= 11 is 1.20. The first kappa shape index (κ1) is 14.4. The molecule has 2 heterocycles. The molecule has 0 spiro atoms. The number of thiazole rings is 1. The second-order valence-electron chi connectivity index (χ2n) is 4.85. The fourth-order valence-electron chi connectivity index (χ4n) is 2.12. The molecule has 3 aromatic rings. The second-order valence-corrected chi connectivity index (χ2v) is 5.71. The first-order valence-electron chi connectivity index (χ1n) is 6.93. The highest BCUT2D eigenvalue weighted by molar-refractivity contribution is 7.12. The lowest BCUT2D eigenvalue weighted by atomic mass is 10.1. The van der Waals surface area contributed by atoms with E-state index in [1.165, 1.54) is 16.9 Å². The minimum absolute atomic E-state index is 0.269. The average Bonchev–Trinajstić information content (AvgIpc) is 3.17. The van der Waals surface area contributed by atoms with Crippen molar-refractivity contribution in [3.05, 3.63) is 52.1 Å². The van der Waals surface area contributed by atoms with Gasteiger partial charge in [-0.3, -0.25) is 9.89 Å². The van der Waals surface area contributed by atoms with Gasteiger partial charge in [0.25, 0.3) is 5.91 Å². The Hall–Kier alpha value is -2.54. The molecule has 0 aliphatic carbocycles. The smallest absolute Gasteiger partial charge is 0.277 e. The Morgan fingerprint density at radius 1 is 1.18 bits per heavy atom. The highest BCUT2D eigenvalue weighted by atomic mass is 32.1. The zero-order valence-corrected chi connectivity index (χ0v) is 12.6. The van der Waals surface area contributed by atoms with E-state index in [0.717, 1.165) is 25.1 Å². The van der Waals surface area contributed by atoms with Gasteiger partial charge < -0.3 is 5.73 Å². The molecule has 3 N–H and O–H groups in total. The van der Waals surface area contributed by atoms with Crippen LogP contribution in [0.15, 0.2) is 35.7 Å². The molecular formula is C15H15N5OS. The SMILES string of the molecule is NC(=O)c1nc(-c2n[nH]c(CCCc3ccccc3)n2)cs1. The van der Waals surface area contributed by atoms with Gasteiger partial charge in [0.15, 0.2) is 5.01 Å². The quantitative estimate of drug-likeness (QED) is 0.729. The van der Waals surface area contributed by atoms with Gasteiger partial charge in [0.1, 0.15) is 11.5 Å². The highest BCUT2D eigenvalue weighted by Crippen LogP contribution is 2.18. The Morgan fingerprint density at radius 2 is 2.00 bits per heavy atom. The van der Waals surface area contributed by atoms with Crippen LogP contribution < -0.4 is 5.73 Å². The van der Waals surface area contributed by atoms with Crippen LogP contribution in [0.1, 0.15) is 27.6 Å². The summed E-state index contributed by atoms with van der Waals surface area (Å²) < 4.78 is 0. The maximum Gasteiger partial charge on any atom is 0.277 e. The summed E-state index contributed by atoms with van der Waals surface area (Å²) in [6.45, 7) is 0. The van der Waals surface area contributed by atoms with E-state index in [9.17, 15) is 4.79 Å². The number of amides is 1. The molecule has 0 saturated carbocycles. The van der Waals surface area contributed by atoms with Crippen LogP contribution in [0.2, 0.25) is 0 Å². The molecule has 22 heavy (non-hydrogen) atoms. The maximum absolute atomic E-state index is 11.0. The molecule has 7 heteroatoms. The molecule has 3 rings (SSSR count). The Morgan fingerprint density at radius 3 is 2.73 bits per heavy atom. The molecule has 0 bridgehead atoms. The first-order valence-corrected chi connectivity index (χ1v) is 7.81. The number of hydrogen-bond donors (Lipinski definition) is 2. The predicted octanol–water partition coefficient (Wildman–Crippen LogP) is 2.20. The van der Waals surface area contributed by atoms with Crippen LogP contribution >= 0.6 is 11.3 Å². The number of nitrogens with two attached hydrogens (primary N) is 1. The van der Waals surface area contributed by atoms with Crippen molar-refractivity contribution in [3.63, 3.8) is 0 Å². The van der Waals surface area contributed by atoms with Gasteiger partial charge in [-0.2, -0.15) is 5.10 Å². The van der Waals surface area contributed by atoms with Crippen LogP contribution in [0.4, 0.5) is 0 Å². The Balaban J connectivity index is 1.60. The third-order valence-electron chi connectivity index (χ3n) is 3.20. The van der Waals surface area contributed by atoms with Crippen LogP contribution in [-0.4, -0.2) is 26.1 Å². The normalized spacial score (nSPS) is 10.7. The van der Waals surface area contributed by atoms with E-state index in [-0.39, 0.29) is 5.01 Å². The van der Waals surface area contributed by atoms with Gasteiger partial charge in [-0.15, -0.1) is 11.3 Å². The molecule has 112 valence electrons. The molecule has 1 aromatic carbocycles. The number of hydrogen-bond acceptors (Lipinski definition) is 5. The molecule has 0 unspecified atom stereocenters. The van der Waals surface area contributed by atoms with Crippen molar-refractivity contribution in [2.45, 2.75) is 19.3 Å². The van der Waals surface area contributed by atoms with Crippen molar-refractivity contribution in [1.82, 2.24) is 20.2 Å². The number of rotatable bonds is 6. The van der Waals surface area contributed by atoms with E-state index >= 15 is 0 Å². The van der Waals surface area contributed by atoms with Gasteiger partial charge in [0, 0.05) is 11.8 Å². The molecule has 0 atom stereocenters. The number of primary amides is 1. The Bertz CT molecular complexity index is 765. The average molecular weight is 313 g/mol. The predicted molar refractivity (Wildman–Crippen MR) is 84.5 cm³/mol. The third kappa shape index (κ3) is 3.37. The highest BCUT2D eigenvalue weighted by Gasteiger charge is 2.12. The molecule has 0 saturated heterocycles. The van der Waals surface area contributed by atoms with Gasteiger partial charge in [0.05, 0.1) is 0 Å². The number of nitrogens with zero attached hydrogens (tertiary/aromatic N) is 3. The fourth-order valence-corrected chi connectivity index (χ4v) is 2.76. The van der Waals surface area contributed by atoms with Crippen molar-refractivity contribution in [1.29, 1.82) is 0 Å². The lowest BCUT2D eigenvalue weighted by Gasteiger charge is -1.98. The summed E-state index contributed by atoms with van der Waals surface area (Å²) in [4.78, 5) is 19.6. The summed E-state index contributed by atoms with van der Waals surface area (Å²) in [6.07, 6.45) is 2.80. The first-order chi connectivity index (χ1) is 10.7. The number of benzene rings is 1. The van der Waals surface area contributed by atoms with Crippen LogP contribution in [-0.2, 0) is 12.8 Å². The van der Waals surface area contributed by atoms with Crippen LogP contribution in [0, 0.1) is 0 Å². The van der Waals surface area contributed by atoms with E-state index in [1.807, 2.05) is 18.2 Å². The van der Waals surface area contributed by atoms with Crippen molar-refractivity contribution >= 4 is 17.2 Å². The molecule has 1 amide bonds. The van der Waals surface area contributed by atoms with Crippen molar-refractivity contribution in [2.24, 2.45) is 5.73 Å². The minimum atomic E-state index is -0.533. The number of nitrogens with one attached hydrogen (secondary N) is 1.